The van der Waals surface area contributed by atoms with E-state index in [0.29, 0.717) is 18.5 Å². The summed E-state index contributed by atoms with van der Waals surface area (Å²) in [7, 11) is 0. The van der Waals surface area contributed by atoms with E-state index in [4.69, 9.17) is 0 Å². The largest absolute Gasteiger partial charge is 0.416 e. The van der Waals surface area contributed by atoms with E-state index in [1.807, 2.05) is 0 Å². The topological polar surface area (TPSA) is 44.4 Å². The van der Waals surface area contributed by atoms with Crippen molar-refractivity contribution in [2.45, 2.75) is 19.5 Å². The molecule has 134 valence electrons. The molecule has 0 aliphatic carbocycles. The van der Waals surface area contributed by atoms with Crippen molar-refractivity contribution >= 4 is 5.91 Å². The van der Waals surface area contributed by atoms with Gasteiger partial charge in [0.2, 0.25) is 5.91 Å². The Morgan fingerprint density at radius 3 is 2.71 bits per heavy atom. The maximum Gasteiger partial charge on any atom is 0.416 e. The molecule has 1 atom stereocenters. The van der Waals surface area contributed by atoms with Gasteiger partial charge in [0.15, 0.2) is 0 Å². The van der Waals surface area contributed by atoms with Gasteiger partial charge < -0.3 is 10.6 Å². The zero-order valence-corrected chi connectivity index (χ0v) is 13.8. The van der Waals surface area contributed by atoms with E-state index in [2.05, 4.69) is 15.5 Å². The number of alkyl halides is 3. The zero-order chi connectivity index (χ0) is 17.6. The lowest BCUT2D eigenvalue weighted by Gasteiger charge is -2.27. The second kappa shape index (κ2) is 8.48. The highest BCUT2D eigenvalue weighted by molar-refractivity contribution is 5.78. The van der Waals surface area contributed by atoms with Crippen molar-refractivity contribution in [3.8, 4) is 0 Å². The predicted molar refractivity (Wildman–Crippen MR) is 86.6 cm³/mol. The third kappa shape index (κ3) is 5.79. The molecule has 0 spiro atoms. The van der Waals surface area contributed by atoms with Crippen LogP contribution in [-0.4, -0.2) is 50.1 Å². The van der Waals surface area contributed by atoms with E-state index >= 15 is 0 Å². The summed E-state index contributed by atoms with van der Waals surface area (Å²) in [5.74, 6) is -0.487. The first-order chi connectivity index (χ1) is 11.4. The van der Waals surface area contributed by atoms with Gasteiger partial charge in [-0.05, 0) is 18.1 Å². The van der Waals surface area contributed by atoms with E-state index in [1.165, 1.54) is 6.07 Å². The Hall–Kier alpha value is -1.60. The average molecular weight is 343 g/mol. The maximum absolute atomic E-state index is 12.7. The molecule has 1 fully saturated rings. The minimum absolute atomic E-state index is 0.123. The van der Waals surface area contributed by atoms with Crippen molar-refractivity contribution in [2.75, 3.05) is 39.3 Å². The Morgan fingerprint density at radius 2 is 2.04 bits per heavy atom. The molecule has 1 amide bonds. The van der Waals surface area contributed by atoms with Gasteiger partial charge in [-0.3, -0.25) is 9.69 Å². The van der Waals surface area contributed by atoms with Crippen molar-refractivity contribution in [1.29, 1.82) is 0 Å². The molecule has 7 heteroatoms. The highest BCUT2D eigenvalue weighted by atomic mass is 19.4. The van der Waals surface area contributed by atoms with Gasteiger partial charge in [-0.2, -0.15) is 13.2 Å². The minimum Gasteiger partial charge on any atom is -0.355 e. The number of hydrogen-bond donors (Lipinski definition) is 2. The van der Waals surface area contributed by atoms with Crippen LogP contribution in [0.15, 0.2) is 24.3 Å². The van der Waals surface area contributed by atoms with Crippen LogP contribution < -0.4 is 10.6 Å². The molecule has 0 radical (unpaired) electrons. The van der Waals surface area contributed by atoms with Gasteiger partial charge in [-0.15, -0.1) is 0 Å². The number of nitrogens with one attached hydrogen (secondary N) is 2. The fourth-order valence-corrected chi connectivity index (χ4v) is 2.77. The number of hydrogen-bond acceptors (Lipinski definition) is 3. The van der Waals surface area contributed by atoms with Crippen LogP contribution in [0.5, 0.6) is 0 Å². The first kappa shape index (κ1) is 18.7. The molecule has 0 bridgehead atoms. The molecule has 24 heavy (non-hydrogen) atoms. The predicted octanol–water partition coefficient (Wildman–Crippen LogP) is 1.91. The van der Waals surface area contributed by atoms with Crippen LogP contribution >= 0.6 is 0 Å². The zero-order valence-electron chi connectivity index (χ0n) is 13.8. The number of piperazine rings is 1. The number of rotatable bonds is 6. The molecule has 0 aromatic heterocycles. The highest BCUT2D eigenvalue weighted by Crippen LogP contribution is 2.29. The number of carbonyl (C=O) groups excluding carboxylic acids is 1. The van der Waals surface area contributed by atoms with Crippen LogP contribution in [0.4, 0.5) is 13.2 Å². The van der Waals surface area contributed by atoms with Gasteiger partial charge in [-0.1, -0.05) is 25.1 Å². The quantitative estimate of drug-likeness (QED) is 0.829. The van der Waals surface area contributed by atoms with Gasteiger partial charge in [-0.25, -0.2) is 0 Å². The van der Waals surface area contributed by atoms with Gasteiger partial charge in [0.05, 0.1) is 5.56 Å². The fourth-order valence-electron chi connectivity index (χ4n) is 2.77. The molecule has 1 saturated heterocycles. The summed E-state index contributed by atoms with van der Waals surface area (Å²) >= 11 is 0. The minimum atomic E-state index is -4.36. The second-order valence-corrected chi connectivity index (χ2v) is 6.19. The van der Waals surface area contributed by atoms with Gasteiger partial charge >= 0.3 is 6.18 Å². The SMILES string of the molecule is CC(Cc1cccc(C(F)(F)F)c1)C(=O)NCCN1CCNCC1. The maximum atomic E-state index is 12.7. The molecule has 1 aromatic rings. The van der Waals surface area contributed by atoms with E-state index in [0.717, 1.165) is 44.9 Å². The lowest BCUT2D eigenvalue weighted by atomic mass is 9.98. The van der Waals surface area contributed by atoms with Crippen LogP contribution in [-0.2, 0) is 17.4 Å². The summed E-state index contributed by atoms with van der Waals surface area (Å²) in [6.07, 6.45) is -4.06. The molecule has 1 heterocycles. The Kier molecular flexibility index (Phi) is 6.62. The first-order valence-electron chi connectivity index (χ1n) is 8.23. The normalized spacial score (nSPS) is 17.5. The molecule has 4 nitrogen and oxygen atoms in total. The number of benzene rings is 1. The monoisotopic (exact) mass is 343 g/mol. The summed E-state index contributed by atoms with van der Waals surface area (Å²) < 4.78 is 38.2. The summed E-state index contributed by atoms with van der Waals surface area (Å²) in [5, 5.41) is 6.14. The van der Waals surface area contributed by atoms with Crippen molar-refractivity contribution in [2.24, 2.45) is 5.92 Å². The van der Waals surface area contributed by atoms with Gasteiger partial charge in [0, 0.05) is 45.2 Å². The van der Waals surface area contributed by atoms with Crippen molar-refractivity contribution in [3.63, 3.8) is 0 Å². The second-order valence-electron chi connectivity index (χ2n) is 6.19. The van der Waals surface area contributed by atoms with Gasteiger partial charge in [0.1, 0.15) is 0 Å². The molecule has 1 aliphatic rings. The molecule has 1 unspecified atom stereocenters. The van der Waals surface area contributed by atoms with Crippen molar-refractivity contribution in [3.05, 3.63) is 35.4 Å². The fraction of sp³-hybridized carbons (Fsp3) is 0.588. The number of amides is 1. The van der Waals surface area contributed by atoms with E-state index in [-0.39, 0.29) is 11.8 Å². The Balaban J connectivity index is 1.78. The van der Waals surface area contributed by atoms with E-state index in [9.17, 15) is 18.0 Å². The van der Waals surface area contributed by atoms with E-state index < -0.39 is 11.7 Å². The van der Waals surface area contributed by atoms with Crippen molar-refractivity contribution < 1.29 is 18.0 Å². The highest BCUT2D eigenvalue weighted by Gasteiger charge is 2.30. The molecule has 2 rings (SSSR count). The Bertz CT molecular complexity index is 542. The molecule has 1 aromatic carbocycles. The summed E-state index contributed by atoms with van der Waals surface area (Å²) in [6, 6.07) is 5.17. The summed E-state index contributed by atoms with van der Waals surface area (Å²) in [6.45, 7) is 6.95. The Morgan fingerprint density at radius 1 is 1.33 bits per heavy atom. The van der Waals surface area contributed by atoms with Crippen LogP contribution in [0.25, 0.3) is 0 Å². The number of nitrogens with zero attached hydrogens (tertiary/aromatic N) is 1. The lowest BCUT2D eigenvalue weighted by molar-refractivity contribution is -0.137. The third-order valence-electron chi connectivity index (χ3n) is 4.18. The molecular weight excluding hydrogens is 319 g/mol. The van der Waals surface area contributed by atoms with Crippen LogP contribution in [0.3, 0.4) is 0 Å². The van der Waals surface area contributed by atoms with Crippen molar-refractivity contribution in [1.82, 2.24) is 15.5 Å². The summed E-state index contributed by atoms with van der Waals surface area (Å²) in [5.41, 5.74) is -0.152. The number of carbonyl (C=O) groups is 1. The lowest BCUT2D eigenvalue weighted by Crippen LogP contribution is -2.46. The van der Waals surface area contributed by atoms with Crippen LogP contribution in [0, 0.1) is 5.92 Å². The molecule has 0 saturated carbocycles. The molecular formula is C17H24F3N3O. The van der Waals surface area contributed by atoms with Crippen LogP contribution in [0.2, 0.25) is 0 Å². The standard InChI is InChI=1S/C17H24F3N3O/c1-13(11-14-3-2-4-15(12-14)17(18,19)20)16(24)22-7-10-23-8-5-21-6-9-23/h2-4,12-13,21H,5-11H2,1H3,(H,22,24). The smallest absolute Gasteiger partial charge is 0.355 e. The first-order valence-corrected chi connectivity index (χ1v) is 8.23. The van der Waals surface area contributed by atoms with Gasteiger partial charge in [0.25, 0.3) is 0 Å². The van der Waals surface area contributed by atoms with E-state index in [1.54, 1.807) is 13.0 Å². The summed E-state index contributed by atoms with van der Waals surface area (Å²) in [4.78, 5) is 14.4. The molecule has 1 aliphatic heterocycles. The number of halogens is 3. The van der Waals surface area contributed by atoms with Crippen LogP contribution in [0.1, 0.15) is 18.1 Å². The third-order valence-corrected chi connectivity index (χ3v) is 4.18. The average Bonchev–Trinajstić information content (AvgIpc) is 2.55. The Labute approximate surface area is 140 Å². The molecule has 2 N–H and O–H groups in total.